The number of H-pyrrole nitrogens is 1. The molecule has 2 heterocycles. The normalized spacial score (nSPS) is 16.8. The molecular formula is C27H32N4O. The number of nitriles is 1. The number of fused-ring (bicyclic) bond motifs is 1. The Morgan fingerprint density at radius 3 is 2.41 bits per heavy atom. The van der Waals surface area contributed by atoms with E-state index in [1.54, 1.807) is 0 Å². The largest absolute Gasteiger partial charge is 0.351 e. The molecule has 0 bridgehead atoms. The summed E-state index contributed by atoms with van der Waals surface area (Å²) in [4.78, 5) is 20.5. The van der Waals surface area contributed by atoms with Crippen LogP contribution >= 0.6 is 0 Å². The van der Waals surface area contributed by atoms with Gasteiger partial charge >= 0.3 is 0 Å². The Morgan fingerprint density at radius 1 is 1.06 bits per heavy atom. The van der Waals surface area contributed by atoms with Gasteiger partial charge in [-0.25, -0.2) is 0 Å². The van der Waals surface area contributed by atoms with Crippen molar-refractivity contribution in [1.82, 2.24) is 14.8 Å². The quantitative estimate of drug-likeness (QED) is 0.587. The Labute approximate surface area is 190 Å². The summed E-state index contributed by atoms with van der Waals surface area (Å²) in [6.45, 7) is 8.46. The molecule has 1 aliphatic rings. The summed E-state index contributed by atoms with van der Waals surface area (Å²) in [5.41, 5.74) is 2.33. The zero-order valence-corrected chi connectivity index (χ0v) is 19.1. The molecule has 166 valence electrons. The first-order chi connectivity index (χ1) is 15.5. The van der Waals surface area contributed by atoms with Crippen LogP contribution < -0.4 is 0 Å². The highest BCUT2D eigenvalue weighted by Crippen LogP contribution is 2.36. The number of carbonyl (C=O) groups is 1. The number of hydrogen-bond donors (Lipinski definition) is 1. The topological polar surface area (TPSA) is 63.1 Å². The molecule has 32 heavy (non-hydrogen) atoms. The minimum atomic E-state index is -0.450. The van der Waals surface area contributed by atoms with Crippen LogP contribution in [0, 0.1) is 17.2 Å². The van der Waals surface area contributed by atoms with E-state index >= 15 is 0 Å². The van der Waals surface area contributed by atoms with Crippen molar-refractivity contribution in [2.45, 2.75) is 32.1 Å². The lowest BCUT2D eigenvalue weighted by Gasteiger charge is -2.36. The van der Waals surface area contributed by atoms with Gasteiger partial charge in [0.2, 0.25) is 0 Å². The number of piperazine rings is 1. The summed E-state index contributed by atoms with van der Waals surface area (Å²) >= 11 is 0. The first-order valence-electron chi connectivity index (χ1n) is 11.6. The second-order valence-electron chi connectivity index (χ2n) is 9.11. The molecule has 1 fully saturated rings. The number of para-hydroxylation sites is 1. The molecule has 1 unspecified atom stereocenters. The van der Waals surface area contributed by atoms with E-state index in [1.807, 2.05) is 53.4 Å². The van der Waals surface area contributed by atoms with Crippen molar-refractivity contribution in [2.24, 2.45) is 5.92 Å². The first-order valence-corrected chi connectivity index (χ1v) is 11.6. The van der Waals surface area contributed by atoms with Crippen molar-refractivity contribution < 1.29 is 4.79 Å². The van der Waals surface area contributed by atoms with E-state index in [0.717, 1.165) is 62.0 Å². The Hall–Kier alpha value is -3.10. The lowest BCUT2D eigenvalue weighted by molar-refractivity contribution is 0.0628. The molecule has 1 aromatic heterocycles. The smallest absolute Gasteiger partial charge is 0.270 e. The first kappa shape index (κ1) is 22.1. The zero-order valence-electron chi connectivity index (χ0n) is 19.1. The standard InChI is InChI=1S/C27H32N4O/c1-21(2)27(20-28,23-10-4-3-5-11-23)13-8-14-30-15-17-31(18-16-30)26(32)25-19-22-9-6-7-12-24(22)29-25/h3-7,9-12,19,21,29H,8,13-18H2,1-2H3. The number of aromatic nitrogens is 1. The third kappa shape index (κ3) is 4.42. The minimum Gasteiger partial charge on any atom is -0.351 e. The number of aromatic amines is 1. The predicted octanol–water partition coefficient (Wildman–Crippen LogP) is 4.82. The molecule has 2 aromatic carbocycles. The maximum absolute atomic E-state index is 12.9. The zero-order chi connectivity index (χ0) is 22.6. The van der Waals surface area contributed by atoms with Crippen LogP contribution in [0.4, 0.5) is 0 Å². The number of benzene rings is 2. The van der Waals surface area contributed by atoms with Crippen molar-refractivity contribution in [1.29, 1.82) is 5.26 Å². The monoisotopic (exact) mass is 428 g/mol. The molecule has 0 saturated carbocycles. The van der Waals surface area contributed by atoms with Crippen molar-refractivity contribution in [3.63, 3.8) is 0 Å². The third-order valence-corrected chi connectivity index (χ3v) is 6.94. The van der Waals surface area contributed by atoms with Crippen LogP contribution in [-0.4, -0.2) is 53.4 Å². The molecule has 1 atom stereocenters. The van der Waals surface area contributed by atoms with Gasteiger partial charge < -0.3 is 9.88 Å². The van der Waals surface area contributed by atoms with Gasteiger partial charge in [-0.3, -0.25) is 9.69 Å². The van der Waals surface area contributed by atoms with Gasteiger partial charge in [0, 0.05) is 37.1 Å². The summed E-state index contributed by atoms with van der Waals surface area (Å²) in [5, 5.41) is 11.2. The lowest BCUT2D eigenvalue weighted by atomic mass is 9.70. The molecule has 0 radical (unpaired) electrons. The van der Waals surface area contributed by atoms with E-state index in [9.17, 15) is 10.1 Å². The van der Waals surface area contributed by atoms with Crippen molar-refractivity contribution >= 4 is 16.8 Å². The molecule has 0 aliphatic carbocycles. The van der Waals surface area contributed by atoms with Crippen LogP contribution in [0.1, 0.15) is 42.7 Å². The highest BCUT2D eigenvalue weighted by molar-refractivity contribution is 5.98. The summed E-state index contributed by atoms with van der Waals surface area (Å²) in [6, 6.07) is 22.8. The van der Waals surface area contributed by atoms with Crippen molar-refractivity contribution in [2.75, 3.05) is 32.7 Å². The van der Waals surface area contributed by atoms with E-state index in [4.69, 9.17) is 0 Å². The fraction of sp³-hybridized carbons (Fsp3) is 0.407. The average molecular weight is 429 g/mol. The molecule has 5 nitrogen and oxygen atoms in total. The Bertz CT molecular complexity index is 1060. The second kappa shape index (κ2) is 9.58. The van der Waals surface area contributed by atoms with Gasteiger partial charge in [-0.15, -0.1) is 0 Å². The van der Waals surface area contributed by atoms with Crippen LogP contribution in [0.3, 0.4) is 0 Å². The minimum absolute atomic E-state index is 0.0771. The molecule has 0 spiro atoms. The summed E-state index contributed by atoms with van der Waals surface area (Å²) in [7, 11) is 0. The third-order valence-electron chi connectivity index (χ3n) is 6.94. The van der Waals surface area contributed by atoms with E-state index in [0.29, 0.717) is 5.69 Å². The molecule has 5 heteroatoms. The van der Waals surface area contributed by atoms with Crippen LogP contribution in [-0.2, 0) is 5.41 Å². The Balaban J connectivity index is 1.31. The number of carbonyl (C=O) groups excluding carboxylic acids is 1. The van der Waals surface area contributed by atoms with Gasteiger partial charge in [-0.2, -0.15) is 5.26 Å². The van der Waals surface area contributed by atoms with Gasteiger partial charge in [-0.05, 0) is 43.0 Å². The number of hydrogen-bond acceptors (Lipinski definition) is 3. The number of nitrogens with zero attached hydrogens (tertiary/aromatic N) is 3. The van der Waals surface area contributed by atoms with Gasteiger partial charge in [-0.1, -0.05) is 62.4 Å². The second-order valence-corrected chi connectivity index (χ2v) is 9.11. The SMILES string of the molecule is CC(C)C(C#N)(CCCN1CCN(C(=O)c2cc3ccccc3[nH]2)CC1)c1ccccc1. The summed E-state index contributed by atoms with van der Waals surface area (Å²) < 4.78 is 0. The molecule has 1 N–H and O–H groups in total. The van der Waals surface area contributed by atoms with E-state index < -0.39 is 5.41 Å². The van der Waals surface area contributed by atoms with E-state index in [2.05, 4.69) is 41.9 Å². The summed E-state index contributed by atoms with van der Waals surface area (Å²) in [6.07, 6.45) is 1.82. The van der Waals surface area contributed by atoms with Crippen LogP contribution in [0.15, 0.2) is 60.7 Å². The highest BCUT2D eigenvalue weighted by Gasteiger charge is 2.35. The Kier molecular flexibility index (Phi) is 6.62. The van der Waals surface area contributed by atoms with Gasteiger partial charge in [0.05, 0.1) is 11.5 Å². The highest BCUT2D eigenvalue weighted by atomic mass is 16.2. The number of rotatable bonds is 7. The molecule has 1 amide bonds. The average Bonchev–Trinajstić information content (AvgIpc) is 3.27. The van der Waals surface area contributed by atoms with Gasteiger partial charge in [0.15, 0.2) is 0 Å². The van der Waals surface area contributed by atoms with Crippen molar-refractivity contribution in [3.05, 3.63) is 71.9 Å². The predicted molar refractivity (Wildman–Crippen MR) is 128 cm³/mol. The molecule has 3 aromatic rings. The van der Waals surface area contributed by atoms with Crippen LogP contribution in [0.5, 0.6) is 0 Å². The van der Waals surface area contributed by atoms with Crippen molar-refractivity contribution in [3.8, 4) is 6.07 Å². The van der Waals surface area contributed by atoms with Crippen LogP contribution in [0.25, 0.3) is 10.9 Å². The molecule has 1 saturated heterocycles. The molecule has 1 aliphatic heterocycles. The summed E-state index contributed by atoms with van der Waals surface area (Å²) in [5.74, 6) is 0.328. The maximum Gasteiger partial charge on any atom is 0.270 e. The van der Waals surface area contributed by atoms with E-state index in [1.165, 1.54) is 0 Å². The fourth-order valence-electron chi connectivity index (χ4n) is 4.87. The lowest BCUT2D eigenvalue weighted by Crippen LogP contribution is -2.49. The molecular weight excluding hydrogens is 396 g/mol. The van der Waals surface area contributed by atoms with Crippen LogP contribution in [0.2, 0.25) is 0 Å². The van der Waals surface area contributed by atoms with E-state index in [-0.39, 0.29) is 11.8 Å². The molecule has 4 rings (SSSR count). The number of amides is 1. The van der Waals surface area contributed by atoms with Gasteiger partial charge in [0.25, 0.3) is 5.91 Å². The maximum atomic E-state index is 12.9. The number of nitrogens with one attached hydrogen (secondary N) is 1. The Morgan fingerprint density at radius 2 is 1.75 bits per heavy atom. The fourth-order valence-corrected chi connectivity index (χ4v) is 4.87. The van der Waals surface area contributed by atoms with Gasteiger partial charge in [0.1, 0.15) is 5.69 Å².